The van der Waals surface area contributed by atoms with Crippen LogP contribution in [0.1, 0.15) is 12.7 Å². The molecule has 0 saturated heterocycles. The minimum absolute atomic E-state index is 0.0569. The number of aromatic nitrogens is 2. The molecule has 0 aliphatic heterocycles. The molecule has 0 aliphatic carbocycles. The molecule has 1 aromatic heterocycles. The van der Waals surface area contributed by atoms with Crippen molar-refractivity contribution < 1.29 is 9.53 Å². The van der Waals surface area contributed by atoms with Crippen molar-refractivity contribution in [1.82, 2.24) is 9.97 Å². The Morgan fingerprint density at radius 1 is 1.17 bits per heavy atom. The fourth-order valence-electron chi connectivity index (χ4n) is 2.21. The number of para-hydroxylation sites is 1. The fourth-order valence-corrected chi connectivity index (χ4v) is 3.10. The Kier molecular flexibility index (Phi) is 4.96. The molecule has 0 aliphatic rings. The van der Waals surface area contributed by atoms with Crippen molar-refractivity contribution in [2.24, 2.45) is 0 Å². The van der Waals surface area contributed by atoms with Gasteiger partial charge in [0.25, 0.3) is 5.56 Å². The van der Waals surface area contributed by atoms with Gasteiger partial charge < -0.3 is 9.72 Å². The molecule has 24 heavy (non-hydrogen) atoms. The number of hydrogen-bond acceptors (Lipinski definition) is 5. The maximum atomic E-state index is 12.1. The predicted octanol–water partition coefficient (Wildman–Crippen LogP) is 3.15. The first-order valence-electron chi connectivity index (χ1n) is 7.50. The summed E-state index contributed by atoms with van der Waals surface area (Å²) in [5.74, 6) is -0.0105. The van der Waals surface area contributed by atoms with Gasteiger partial charge in [0.15, 0.2) is 0 Å². The van der Waals surface area contributed by atoms with Gasteiger partial charge in [0.1, 0.15) is 17.7 Å². The van der Waals surface area contributed by atoms with E-state index in [1.807, 2.05) is 36.4 Å². The average molecular weight is 340 g/mol. The van der Waals surface area contributed by atoms with E-state index in [2.05, 4.69) is 9.97 Å². The normalized spacial score (nSPS) is 12.0. The van der Waals surface area contributed by atoms with Crippen LogP contribution in [0, 0.1) is 0 Å². The van der Waals surface area contributed by atoms with Gasteiger partial charge in [0, 0.05) is 4.90 Å². The Hall–Kier alpha value is -2.60. The van der Waals surface area contributed by atoms with Crippen LogP contribution in [0.5, 0.6) is 0 Å². The highest BCUT2D eigenvalue weighted by Gasteiger charge is 2.16. The second kappa shape index (κ2) is 7.31. The first-order chi connectivity index (χ1) is 11.6. The summed E-state index contributed by atoms with van der Waals surface area (Å²) in [6, 6.07) is 16.7. The monoisotopic (exact) mass is 340 g/mol. The largest absolute Gasteiger partial charge is 0.457 e. The van der Waals surface area contributed by atoms with Crippen LogP contribution in [-0.4, -0.2) is 21.2 Å². The first-order valence-corrected chi connectivity index (χ1v) is 8.38. The summed E-state index contributed by atoms with van der Waals surface area (Å²) in [4.78, 5) is 32.0. The number of aromatic amines is 1. The summed E-state index contributed by atoms with van der Waals surface area (Å²) >= 11 is 1.43. The molecule has 0 radical (unpaired) electrons. The van der Waals surface area contributed by atoms with Gasteiger partial charge in [-0.05, 0) is 31.2 Å². The molecule has 0 spiro atoms. The summed E-state index contributed by atoms with van der Waals surface area (Å²) in [6.07, 6.45) is 0. The van der Waals surface area contributed by atoms with Crippen molar-refractivity contribution in [3.05, 3.63) is 70.8 Å². The lowest BCUT2D eigenvalue weighted by Gasteiger charge is -2.11. The number of esters is 1. The third-order valence-electron chi connectivity index (χ3n) is 3.40. The Morgan fingerprint density at radius 2 is 1.88 bits per heavy atom. The lowest BCUT2D eigenvalue weighted by atomic mass is 10.2. The maximum Gasteiger partial charge on any atom is 0.319 e. The zero-order valence-electron chi connectivity index (χ0n) is 13.1. The Morgan fingerprint density at radius 3 is 2.67 bits per heavy atom. The highest BCUT2D eigenvalue weighted by Crippen LogP contribution is 2.23. The molecule has 3 aromatic rings. The predicted molar refractivity (Wildman–Crippen MR) is 93.9 cm³/mol. The highest BCUT2D eigenvalue weighted by atomic mass is 32.2. The number of benzene rings is 2. The van der Waals surface area contributed by atoms with E-state index in [9.17, 15) is 9.59 Å². The highest BCUT2D eigenvalue weighted by molar-refractivity contribution is 8.00. The number of H-pyrrole nitrogens is 1. The van der Waals surface area contributed by atoms with Crippen LogP contribution in [0.15, 0.2) is 64.3 Å². The number of carbonyl (C=O) groups excluding carboxylic acids is 1. The minimum atomic E-state index is -0.348. The molecule has 0 amide bonds. The Labute approximate surface area is 143 Å². The molecule has 1 unspecified atom stereocenters. The van der Waals surface area contributed by atoms with Gasteiger partial charge in [-0.1, -0.05) is 30.3 Å². The van der Waals surface area contributed by atoms with E-state index in [4.69, 9.17) is 4.74 Å². The molecule has 1 N–H and O–H groups in total. The molecular weight excluding hydrogens is 324 g/mol. The van der Waals surface area contributed by atoms with Gasteiger partial charge in [-0.3, -0.25) is 9.59 Å². The second-order valence-corrected chi connectivity index (χ2v) is 6.62. The lowest BCUT2D eigenvalue weighted by Crippen LogP contribution is -2.19. The number of thioether (sulfide) groups is 1. The number of carbonyl (C=O) groups is 1. The van der Waals surface area contributed by atoms with E-state index < -0.39 is 0 Å². The van der Waals surface area contributed by atoms with Gasteiger partial charge >= 0.3 is 5.97 Å². The first kappa shape index (κ1) is 16.3. The summed E-state index contributed by atoms with van der Waals surface area (Å²) in [5, 5.41) is 0.167. The van der Waals surface area contributed by atoms with Crippen molar-refractivity contribution in [3.63, 3.8) is 0 Å². The molecule has 6 heteroatoms. The zero-order valence-corrected chi connectivity index (χ0v) is 13.9. The number of hydrogen-bond donors (Lipinski definition) is 1. The number of nitrogens with zero attached hydrogens (tertiary/aromatic N) is 1. The average Bonchev–Trinajstić information content (AvgIpc) is 2.60. The smallest absolute Gasteiger partial charge is 0.319 e. The molecule has 1 atom stereocenters. The van der Waals surface area contributed by atoms with Crippen LogP contribution < -0.4 is 5.56 Å². The molecule has 2 aromatic carbocycles. The Bertz CT molecular complexity index is 909. The van der Waals surface area contributed by atoms with Crippen LogP contribution in [-0.2, 0) is 16.1 Å². The zero-order chi connectivity index (χ0) is 16.9. The van der Waals surface area contributed by atoms with E-state index in [1.165, 1.54) is 11.8 Å². The molecule has 0 fully saturated rings. The molecule has 0 bridgehead atoms. The van der Waals surface area contributed by atoms with Crippen molar-refractivity contribution in [2.75, 3.05) is 0 Å². The quantitative estimate of drug-likeness (QED) is 0.571. The topological polar surface area (TPSA) is 72.0 Å². The number of nitrogens with one attached hydrogen (secondary N) is 1. The fraction of sp³-hybridized carbons (Fsp3) is 0.167. The molecule has 3 rings (SSSR count). The summed E-state index contributed by atoms with van der Waals surface area (Å²) in [7, 11) is 0. The summed E-state index contributed by atoms with van der Waals surface area (Å²) in [6.45, 7) is 1.73. The van der Waals surface area contributed by atoms with Crippen molar-refractivity contribution in [1.29, 1.82) is 0 Å². The van der Waals surface area contributed by atoms with Crippen LogP contribution in [0.2, 0.25) is 0 Å². The van der Waals surface area contributed by atoms with Gasteiger partial charge in [0.2, 0.25) is 0 Å². The van der Waals surface area contributed by atoms with E-state index in [0.717, 1.165) is 4.90 Å². The van der Waals surface area contributed by atoms with E-state index in [-0.39, 0.29) is 23.4 Å². The second-order valence-electron chi connectivity index (χ2n) is 5.21. The van der Waals surface area contributed by atoms with Crippen LogP contribution in [0.4, 0.5) is 0 Å². The molecule has 1 heterocycles. The third-order valence-corrected chi connectivity index (χ3v) is 4.49. The summed E-state index contributed by atoms with van der Waals surface area (Å²) < 4.78 is 5.27. The SMILES string of the molecule is CC(Sc1ccccc1)C(=O)OCc1nc2ccccc2c(=O)[nH]1. The van der Waals surface area contributed by atoms with Gasteiger partial charge in [0.05, 0.1) is 10.9 Å². The maximum absolute atomic E-state index is 12.1. The van der Waals surface area contributed by atoms with Crippen LogP contribution in [0.3, 0.4) is 0 Å². The standard InChI is InChI=1S/C18H16N2O3S/c1-12(24-13-7-3-2-4-8-13)18(22)23-11-16-19-15-10-6-5-9-14(15)17(21)20-16/h2-10,12H,11H2,1H3,(H,19,20,21). The van der Waals surface area contributed by atoms with Crippen molar-refractivity contribution >= 4 is 28.6 Å². The van der Waals surface area contributed by atoms with E-state index in [1.54, 1.807) is 25.1 Å². The van der Waals surface area contributed by atoms with Gasteiger partial charge in [-0.2, -0.15) is 0 Å². The number of fused-ring (bicyclic) bond motifs is 1. The molecule has 0 saturated carbocycles. The minimum Gasteiger partial charge on any atom is -0.457 e. The molecule has 5 nitrogen and oxygen atoms in total. The van der Waals surface area contributed by atoms with E-state index >= 15 is 0 Å². The van der Waals surface area contributed by atoms with Gasteiger partial charge in [-0.15, -0.1) is 11.8 Å². The number of ether oxygens (including phenoxy) is 1. The molecular formula is C18H16N2O3S. The molecule has 122 valence electrons. The van der Waals surface area contributed by atoms with Crippen molar-refractivity contribution in [3.8, 4) is 0 Å². The van der Waals surface area contributed by atoms with E-state index in [0.29, 0.717) is 16.7 Å². The number of rotatable bonds is 5. The summed E-state index contributed by atoms with van der Waals surface area (Å²) in [5.41, 5.74) is 0.345. The van der Waals surface area contributed by atoms with Crippen LogP contribution >= 0.6 is 11.8 Å². The third kappa shape index (κ3) is 3.83. The Balaban J connectivity index is 1.65. The lowest BCUT2D eigenvalue weighted by molar-refractivity contribution is -0.144. The van der Waals surface area contributed by atoms with Crippen molar-refractivity contribution in [2.45, 2.75) is 23.7 Å². The van der Waals surface area contributed by atoms with Gasteiger partial charge in [-0.25, -0.2) is 4.98 Å². The van der Waals surface area contributed by atoms with Crippen LogP contribution in [0.25, 0.3) is 10.9 Å².